The van der Waals surface area contributed by atoms with Gasteiger partial charge in [0.15, 0.2) is 0 Å². The van der Waals surface area contributed by atoms with E-state index < -0.39 is 0 Å². The monoisotopic (exact) mass is 232 g/mol. The highest BCUT2D eigenvalue weighted by molar-refractivity contribution is 5.79. The minimum Gasteiger partial charge on any atom is -0.340 e. The Morgan fingerprint density at radius 1 is 1.53 bits per heavy atom. The number of piperazine rings is 1. The van der Waals surface area contributed by atoms with Gasteiger partial charge in [0.1, 0.15) is 0 Å². The van der Waals surface area contributed by atoms with Gasteiger partial charge in [-0.2, -0.15) is 0 Å². The average molecular weight is 232 g/mol. The van der Waals surface area contributed by atoms with Gasteiger partial charge in [0.25, 0.3) is 0 Å². The van der Waals surface area contributed by atoms with Crippen LogP contribution in [0.15, 0.2) is 24.3 Å². The molecule has 1 aliphatic heterocycles. The first-order chi connectivity index (χ1) is 8.15. The summed E-state index contributed by atoms with van der Waals surface area (Å²) in [6, 6.07) is 8.59. The van der Waals surface area contributed by atoms with Gasteiger partial charge in [0.2, 0.25) is 5.91 Å². The smallest absolute Gasteiger partial charge is 0.227 e. The van der Waals surface area contributed by atoms with Crippen LogP contribution in [0.3, 0.4) is 0 Å². The van der Waals surface area contributed by atoms with Gasteiger partial charge in [0, 0.05) is 25.7 Å². The molecule has 3 nitrogen and oxygen atoms in total. The average Bonchev–Trinajstić information content (AvgIpc) is 2.29. The van der Waals surface area contributed by atoms with E-state index in [1.54, 1.807) is 0 Å². The number of hydrogen-bond donors (Lipinski definition) is 1. The molecule has 0 aliphatic carbocycles. The number of carbonyl (C=O) groups excluding carboxylic acids is 1. The van der Waals surface area contributed by atoms with E-state index >= 15 is 0 Å². The number of rotatable bonds is 2. The molecule has 1 fully saturated rings. The second kappa shape index (κ2) is 5.32. The lowest BCUT2D eigenvalue weighted by atomic mass is 10.1. The molecule has 1 aromatic carbocycles. The van der Waals surface area contributed by atoms with Crippen LogP contribution in [0.25, 0.3) is 0 Å². The SMILES string of the molecule is Cc1cccc(CC(=O)N2CCN[C@@H](C)C2)c1. The summed E-state index contributed by atoms with van der Waals surface area (Å²) in [4.78, 5) is 14.1. The molecular weight excluding hydrogens is 212 g/mol. The van der Waals surface area contributed by atoms with Gasteiger partial charge in [-0.1, -0.05) is 29.8 Å². The number of hydrogen-bond acceptors (Lipinski definition) is 2. The van der Waals surface area contributed by atoms with Crippen molar-refractivity contribution < 1.29 is 4.79 Å². The zero-order valence-electron chi connectivity index (χ0n) is 10.6. The topological polar surface area (TPSA) is 32.3 Å². The molecule has 0 saturated carbocycles. The van der Waals surface area contributed by atoms with Crippen LogP contribution < -0.4 is 5.32 Å². The predicted octanol–water partition coefficient (Wildman–Crippen LogP) is 1.36. The zero-order chi connectivity index (χ0) is 12.3. The molecule has 0 unspecified atom stereocenters. The van der Waals surface area contributed by atoms with Gasteiger partial charge in [0.05, 0.1) is 6.42 Å². The predicted molar refractivity (Wildman–Crippen MR) is 68.9 cm³/mol. The van der Waals surface area contributed by atoms with Crippen molar-refractivity contribution in [1.29, 1.82) is 0 Å². The standard InChI is InChI=1S/C14H20N2O/c1-11-4-3-5-13(8-11)9-14(17)16-7-6-15-12(2)10-16/h3-5,8,12,15H,6-7,9-10H2,1-2H3/t12-/m0/s1. The Labute approximate surface area is 103 Å². The third kappa shape index (κ3) is 3.30. The van der Waals surface area contributed by atoms with Crippen molar-refractivity contribution in [2.75, 3.05) is 19.6 Å². The van der Waals surface area contributed by atoms with E-state index in [1.807, 2.05) is 17.0 Å². The summed E-state index contributed by atoms with van der Waals surface area (Å²) in [5, 5.41) is 3.35. The van der Waals surface area contributed by atoms with Gasteiger partial charge in [-0.25, -0.2) is 0 Å². The first-order valence-corrected chi connectivity index (χ1v) is 6.22. The van der Waals surface area contributed by atoms with E-state index in [9.17, 15) is 4.79 Å². The van der Waals surface area contributed by atoms with Gasteiger partial charge in [-0.15, -0.1) is 0 Å². The summed E-state index contributed by atoms with van der Waals surface area (Å²) in [6.07, 6.45) is 0.522. The fourth-order valence-electron chi connectivity index (χ4n) is 2.27. The first kappa shape index (κ1) is 12.1. The zero-order valence-corrected chi connectivity index (χ0v) is 10.6. The first-order valence-electron chi connectivity index (χ1n) is 6.22. The Hall–Kier alpha value is -1.35. The van der Waals surface area contributed by atoms with Crippen LogP contribution >= 0.6 is 0 Å². The van der Waals surface area contributed by atoms with Gasteiger partial charge >= 0.3 is 0 Å². The minimum atomic E-state index is 0.240. The molecule has 3 heteroatoms. The number of amides is 1. The van der Waals surface area contributed by atoms with Crippen molar-refractivity contribution >= 4 is 5.91 Å². The minimum absolute atomic E-state index is 0.240. The van der Waals surface area contributed by atoms with Crippen molar-refractivity contribution in [3.8, 4) is 0 Å². The highest BCUT2D eigenvalue weighted by Gasteiger charge is 2.20. The molecule has 1 heterocycles. The van der Waals surface area contributed by atoms with E-state index in [1.165, 1.54) is 5.56 Å². The highest BCUT2D eigenvalue weighted by Crippen LogP contribution is 2.08. The van der Waals surface area contributed by atoms with Crippen molar-refractivity contribution in [3.63, 3.8) is 0 Å². The largest absolute Gasteiger partial charge is 0.340 e. The molecule has 0 radical (unpaired) electrons. The van der Waals surface area contributed by atoms with Crippen LogP contribution in [0.5, 0.6) is 0 Å². The van der Waals surface area contributed by atoms with Crippen LogP contribution in [0, 0.1) is 6.92 Å². The van der Waals surface area contributed by atoms with Gasteiger partial charge in [-0.05, 0) is 19.4 Å². The molecule has 2 rings (SSSR count). The molecule has 92 valence electrons. The summed E-state index contributed by atoms with van der Waals surface area (Å²) in [7, 11) is 0. The Bertz CT molecular complexity index is 403. The molecule has 1 saturated heterocycles. The lowest BCUT2D eigenvalue weighted by molar-refractivity contribution is -0.131. The summed E-state index contributed by atoms with van der Waals surface area (Å²) >= 11 is 0. The highest BCUT2D eigenvalue weighted by atomic mass is 16.2. The summed E-state index contributed by atoms with van der Waals surface area (Å²) < 4.78 is 0. The van der Waals surface area contributed by atoms with Gasteiger partial charge in [-0.3, -0.25) is 4.79 Å². The second-order valence-corrected chi connectivity index (χ2v) is 4.86. The Morgan fingerprint density at radius 3 is 3.06 bits per heavy atom. The van der Waals surface area contributed by atoms with Crippen LogP contribution in [0.2, 0.25) is 0 Å². The van der Waals surface area contributed by atoms with E-state index in [0.29, 0.717) is 12.5 Å². The number of aryl methyl sites for hydroxylation is 1. The lowest BCUT2D eigenvalue weighted by Gasteiger charge is -2.32. The Kier molecular flexibility index (Phi) is 3.79. The molecule has 17 heavy (non-hydrogen) atoms. The molecule has 1 aliphatic rings. The van der Waals surface area contributed by atoms with Gasteiger partial charge < -0.3 is 10.2 Å². The van der Waals surface area contributed by atoms with Crippen molar-refractivity contribution in [2.24, 2.45) is 0 Å². The maximum atomic E-state index is 12.1. The maximum Gasteiger partial charge on any atom is 0.227 e. The molecule has 1 amide bonds. The van der Waals surface area contributed by atoms with E-state index in [-0.39, 0.29) is 5.91 Å². The summed E-state index contributed by atoms with van der Waals surface area (Å²) in [5.74, 6) is 0.240. The molecule has 1 aromatic rings. The molecule has 0 spiro atoms. The number of benzene rings is 1. The fraction of sp³-hybridized carbons (Fsp3) is 0.500. The third-order valence-corrected chi connectivity index (χ3v) is 3.16. The van der Waals surface area contributed by atoms with Crippen molar-refractivity contribution in [2.45, 2.75) is 26.3 Å². The maximum absolute atomic E-state index is 12.1. The van der Waals surface area contributed by atoms with Crippen LogP contribution in [-0.4, -0.2) is 36.5 Å². The van der Waals surface area contributed by atoms with Crippen LogP contribution in [-0.2, 0) is 11.2 Å². The van der Waals surface area contributed by atoms with Crippen molar-refractivity contribution in [1.82, 2.24) is 10.2 Å². The van der Waals surface area contributed by atoms with Crippen LogP contribution in [0.4, 0.5) is 0 Å². The van der Waals surface area contributed by atoms with E-state index in [4.69, 9.17) is 0 Å². The molecule has 0 aromatic heterocycles. The third-order valence-electron chi connectivity index (χ3n) is 3.16. The quantitative estimate of drug-likeness (QED) is 0.835. The molecular formula is C14H20N2O. The molecule has 1 N–H and O–H groups in total. The number of carbonyl (C=O) groups is 1. The number of nitrogens with one attached hydrogen (secondary N) is 1. The Morgan fingerprint density at radius 2 is 2.35 bits per heavy atom. The van der Waals surface area contributed by atoms with E-state index in [0.717, 1.165) is 25.2 Å². The summed E-state index contributed by atoms with van der Waals surface area (Å²) in [5.41, 5.74) is 2.32. The molecule has 0 bridgehead atoms. The fourth-order valence-corrected chi connectivity index (χ4v) is 2.27. The normalized spacial score (nSPS) is 20.4. The Balaban J connectivity index is 1.96. The molecule has 1 atom stereocenters. The number of nitrogens with zero attached hydrogens (tertiary/aromatic N) is 1. The van der Waals surface area contributed by atoms with Crippen molar-refractivity contribution in [3.05, 3.63) is 35.4 Å². The van der Waals surface area contributed by atoms with Crippen LogP contribution in [0.1, 0.15) is 18.1 Å². The summed E-state index contributed by atoms with van der Waals surface area (Å²) in [6.45, 7) is 6.73. The lowest BCUT2D eigenvalue weighted by Crippen LogP contribution is -2.51. The second-order valence-electron chi connectivity index (χ2n) is 4.86. The van der Waals surface area contributed by atoms with E-state index in [2.05, 4.69) is 31.3 Å².